The number of hydrogen-bond donors (Lipinski definition) is 0. The summed E-state index contributed by atoms with van der Waals surface area (Å²) in [5.41, 5.74) is -0.844. The average Bonchev–Trinajstić information content (AvgIpc) is 2.99. The fourth-order valence-corrected chi connectivity index (χ4v) is 5.01. The highest BCUT2D eigenvalue weighted by Gasteiger charge is 2.46. The molecule has 0 saturated carbocycles. The van der Waals surface area contributed by atoms with Crippen LogP contribution in [0.4, 0.5) is 0 Å². The van der Waals surface area contributed by atoms with Crippen molar-refractivity contribution < 1.29 is 22.7 Å². The van der Waals surface area contributed by atoms with Crippen molar-refractivity contribution in [1.82, 2.24) is 0 Å². The van der Waals surface area contributed by atoms with Gasteiger partial charge in [-0.25, -0.2) is 8.42 Å². The molecule has 0 bridgehead atoms. The number of carbonyl (C=O) groups is 1. The first-order chi connectivity index (χ1) is 11.6. The Labute approximate surface area is 149 Å². The Balaban J connectivity index is 2.45. The van der Waals surface area contributed by atoms with E-state index in [1.54, 1.807) is 45.0 Å². The number of sulfone groups is 1. The predicted octanol–water partition coefficient (Wildman–Crippen LogP) is 3.15. The summed E-state index contributed by atoms with van der Waals surface area (Å²) in [5.74, 6) is -1.43. The average molecular weight is 366 g/mol. The molecule has 1 aromatic carbocycles. The highest BCUT2D eigenvalue weighted by molar-refractivity contribution is 7.92. The Morgan fingerprint density at radius 3 is 2.36 bits per heavy atom. The summed E-state index contributed by atoms with van der Waals surface area (Å²) in [5, 5.41) is -1.24. The first kappa shape index (κ1) is 19.8. The lowest BCUT2D eigenvalue weighted by atomic mass is 9.82. The van der Waals surface area contributed by atoms with Crippen LogP contribution < -0.4 is 0 Å². The minimum Gasteiger partial charge on any atom is -0.348 e. The molecule has 25 heavy (non-hydrogen) atoms. The second-order valence-corrected chi connectivity index (χ2v) is 9.25. The molecule has 1 fully saturated rings. The fourth-order valence-electron chi connectivity index (χ4n) is 3.03. The van der Waals surface area contributed by atoms with Gasteiger partial charge in [0.05, 0.1) is 18.1 Å². The van der Waals surface area contributed by atoms with Crippen LogP contribution in [-0.4, -0.2) is 38.5 Å². The molecule has 5 nitrogen and oxygen atoms in total. The summed E-state index contributed by atoms with van der Waals surface area (Å²) in [7, 11) is -3.87. The predicted molar refractivity (Wildman–Crippen MR) is 95.9 cm³/mol. The number of ether oxygens (including phenoxy) is 2. The summed E-state index contributed by atoms with van der Waals surface area (Å²) in [6, 6.07) is 8.05. The van der Waals surface area contributed by atoms with Crippen LogP contribution in [0, 0.1) is 5.41 Å². The van der Waals surface area contributed by atoms with Gasteiger partial charge in [-0.2, -0.15) is 0 Å². The molecule has 0 radical (unpaired) electrons. The van der Waals surface area contributed by atoms with Crippen molar-refractivity contribution in [3.05, 3.63) is 43.0 Å². The Kier molecular flexibility index (Phi) is 5.86. The topological polar surface area (TPSA) is 69.7 Å². The Bertz CT molecular complexity index is 715. The number of rotatable bonds is 8. The smallest absolute Gasteiger partial charge is 0.188 e. The number of hydrogen-bond acceptors (Lipinski definition) is 5. The van der Waals surface area contributed by atoms with Gasteiger partial charge in [0.2, 0.25) is 0 Å². The molecular weight excluding hydrogens is 340 g/mol. The van der Waals surface area contributed by atoms with Gasteiger partial charge in [0.25, 0.3) is 0 Å². The largest absolute Gasteiger partial charge is 0.348 e. The lowest BCUT2D eigenvalue weighted by Crippen LogP contribution is -2.45. The van der Waals surface area contributed by atoms with E-state index in [1.807, 2.05) is 0 Å². The maximum Gasteiger partial charge on any atom is 0.188 e. The Morgan fingerprint density at radius 2 is 1.84 bits per heavy atom. The second-order valence-electron chi connectivity index (χ2n) is 7.12. The zero-order valence-electron chi connectivity index (χ0n) is 15.0. The van der Waals surface area contributed by atoms with E-state index in [9.17, 15) is 13.2 Å². The van der Waals surface area contributed by atoms with Crippen molar-refractivity contribution >= 4 is 15.6 Å². The second kappa shape index (κ2) is 7.40. The normalized spacial score (nSPS) is 18.7. The van der Waals surface area contributed by atoms with Crippen molar-refractivity contribution in [2.75, 3.05) is 13.2 Å². The summed E-state index contributed by atoms with van der Waals surface area (Å²) >= 11 is 0. The van der Waals surface area contributed by atoms with Gasteiger partial charge in [-0.15, -0.1) is 6.58 Å². The third-order valence-electron chi connectivity index (χ3n) is 4.51. The molecule has 0 aliphatic carbocycles. The third kappa shape index (κ3) is 4.37. The maximum absolute atomic E-state index is 13.2. The SMILES string of the molecule is C=CCC(C)(C)C(=O)C(CC1(C)OCCO1)S(=O)(=O)c1ccccc1. The quantitative estimate of drug-likeness (QED) is 0.661. The lowest BCUT2D eigenvalue weighted by Gasteiger charge is -2.31. The molecule has 1 aromatic rings. The number of carbonyl (C=O) groups excluding carboxylic acids is 1. The molecule has 1 aliphatic heterocycles. The van der Waals surface area contributed by atoms with E-state index in [0.717, 1.165) is 0 Å². The number of allylic oxidation sites excluding steroid dienone is 1. The highest BCUT2D eigenvalue weighted by atomic mass is 32.2. The van der Waals surface area contributed by atoms with Crippen molar-refractivity contribution in [1.29, 1.82) is 0 Å². The summed E-state index contributed by atoms with van der Waals surface area (Å²) in [6.07, 6.45) is 1.99. The van der Waals surface area contributed by atoms with Gasteiger partial charge >= 0.3 is 0 Å². The monoisotopic (exact) mass is 366 g/mol. The van der Waals surface area contributed by atoms with E-state index in [-0.39, 0.29) is 17.1 Å². The third-order valence-corrected chi connectivity index (χ3v) is 6.57. The van der Waals surface area contributed by atoms with Gasteiger partial charge < -0.3 is 9.47 Å². The molecule has 2 rings (SSSR count). The Hall–Kier alpha value is -1.50. The van der Waals surface area contributed by atoms with E-state index in [0.29, 0.717) is 19.6 Å². The molecule has 1 saturated heterocycles. The van der Waals surface area contributed by atoms with Crippen molar-refractivity contribution in [2.45, 2.75) is 49.5 Å². The van der Waals surface area contributed by atoms with Crippen LogP contribution in [0.25, 0.3) is 0 Å². The van der Waals surface area contributed by atoms with Crippen LogP contribution in [0.15, 0.2) is 47.9 Å². The van der Waals surface area contributed by atoms with Crippen molar-refractivity contribution in [2.24, 2.45) is 5.41 Å². The minimum atomic E-state index is -3.87. The molecule has 1 unspecified atom stereocenters. The van der Waals surface area contributed by atoms with Crippen LogP contribution in [0.2, 0.25) is 0 Å². The van der Waals surface area contributed by atoms with Gasteiger partial charge in [0, 0.05) is 11.8 Å². The Morgan fingerprint density at radius 1 is 1.28 bits per heavy atom. The van der Waals surface area contributed by atoms with Crippen LogP contribution in [0.3, 0.4) is 0 Å². The van der Waals surface area contributed by atoms with E-state index in [4.69, 9.17) is 9.47 Å². The first-order valence-electron chi connectivity index (χ1n) is 8.34. The van der Waals surface area contributed by atoms with E-state index in [1.165, 1.54) is 12.1 Å². The molecule has 6 heteroatoms. The fraction of sp³-hybridized carbons (Fsp3) is 0.526. The maximum atomic E-state index is 13.2. The standard InChI is InChI=1S/C19H26O5S/c1-5-11-18(2,3)17(20)16(14-19(4)23-12-13-24-19)25(21,22)15-9-7-6-8-10-15/h5-10,16H,1,11-14H2,2-4H3. The molecule has 1 atom stereocenters. The molecule has 0 N–H and O–H groups in total. The zero-order chi connectivity index (χ0) is 18.7. The van der Waals surface area contributed by atoms with Crippen LogP contribution in [0.1, 0.15) is 33.6 Å². The summed E-state index contributed by atoms with van der Waals surface area (Å²) in [6.45, 7) is 9.61. The molecule has 0 spiro atoms. The number of ketones is 1. The van der Waals surface area contributed by atoms with Crippen LogP contribution in [0.5, 0.6) is 0 Å². The van der Waals surface area contributed by atoms with Gasteiger partial charge in [-0.1, -0.05) is 38.1 Å². The van der Waals surface area contributed by atoms with Gasteiger partial charge in [-0.3, -0.25) is 4.79 Å². The van der Waals surface area contributed by atoms with Gasteiger partial charge in [0.15, 0.2) is 21.4 Å². The number of benzene rings is 1. The van der Waals surface area contributed by atoms with E-state index >= 15 is 0 Å². The van der Waals surface area contributed by atoms with Crippen molar-refractivity contribution in [3.63, 3.8) is 0 Å². The minimum absolute atomic E-state index is 0.0381. The van der Waals surface area contributed by atoms with E-state index < -0.39 is 26.3 Å². The first-order valence-corrected chi connectivity index (χ1v) is 9.89. The summed E-state index contributed by atoms with van der Waals surface area (Å²) in [4.78, 5) is 13.3. The van der Waals surface area contributed by atoms with Crippen LogP contribution >= 0.6 is 0 Å². The molecule has 0 aromatic heterocycles. The summed E-state index contributed by atoms with van der Waals surface area (Å²) < 4.78 is 37.5. The molecule has 1 aliphatic rings. The van der Waals surface area contributed by atoms with Gasteiger partial charge in [0.1, 0.15) is 5.25 Å². The number of Topliss-reactive ketones (excluding diaryl/α,β-unsaturated/α-hetero) is 1. The molecule has 138 valence electrons. The zero-order valence-corrected chi connectivity index (χ0v) is 15.8. The van der Waals surface area contributed by atoms with E-state index in [2.05, 4.69) is 6.58 Å². The lowest BCUT2D eigenvalue weighted by molar-refractivity contribution is -0.152. The van der Waals surface area contributed by atoms with Crippen LogP contribution in [-0.2, 0) is 24.1 Å². The molecule has 1 heterocycles. The van der Waals surface area contributed by atoms with Gasteiger partial charge in [-0.05, 0) is 25.5 Å². The molecular formula is C19H26O5S. The van der Waals surface area contributed by atoms with Crippen molar-refractivity contribution in [3.8, 4) is 0 Å². The molecule has 0 amide bonds. The highest BCUT2D eigenvalue weighted by Crippen LogP contribution is 2.35.